The van der Waals surface area contributed by atoms with E-state index >= 15 is 0 Å². The van der Waals surface area contributed by atoms with Gasteiger partial charge in [-0.15, -0.1) is 17.1 Å². The van der Waals surface area contributed by atoms with Crippen LogP contribution in [0, 0.1) is 49.0 Å². The van der Waals surface area contributed by atoms with Crippen molar-refractivity contribution in [2.45, 2.75) is 87.0 Å². The van der Waals surface area contributed by atoms with Crippen molar-refractivity contribution in [3.05, 3.63) is 145 Å². The van der Waals surface area contributed by atoms with Crippen LogP contribution in [0.15, 0.2) is 88.2 Å². The van der Waals surface area contributed by atoms with E-state index in [1.54, 1.807) is 6.08 Å². The van der Waals surface area contributed by atoms with Gasteiger partial charge in [0.15, 0.2) is 5.78 Å². The number of rotatable bonds is 12. The number of carbonyl (C=O) groups is 3. The molecule has 1 fully saturated rings. The molecule has 0 unspecified atom stereocenters. The fourth-order valence-electron chi connectivity index (χ4n) is 8.06. The molecular weight excluding hydrogens is 701 g/mol. The minimum Gasteiger partial charge on any atom is -0.757 e. The second-order valence-electron chi connectivity index (χ2n) is 15.2. The third-order valence-electron chi connectivity index (χ3n) is 11.3. The van der Waals surface area contributed by atoms with Crippen molar-refractivity contribution < 1.29 is 23.9 Å². The van der Waals surface area contributed by atoms with Gasteiger partial charge in [0, 0.05) is 17.9 Å². The monoisotopic (exact) mass is 751 g/mol. The van der Waals surface area contributed by atoms with Crippen LogP contribution < -0.4 is 4.98 Å². The van der Waals surface area contributed by atoms with E-state index in [-0.39, 0.29) is 59.7 Å². The van der Waals surface area contributed by atoms with Crippen LogP contribution in [0.4, 0.5) is 0 Å². The molecule has 5 heterocycles. The van der Waals surface area contributed by atoms with Crippen LogP contribution in [-0.2, 0) is 19.1 Å². The summed E-state index contributed by atoms with van der Waals surface area (Å²) in [4.78, 5) is 45.9. The van der Waals surface area contributed by atoms with Crippen molar-refractivity contribution in [2.75, 3.05) is 13.7 Å². The van der Waals surface area contributed by atoms with E-state index in [0.717, 1.165) is 54.1 Å². The number of esters is 2. The van der Waals surface area contributed by atoms with Crippen LogP contribution in [0.25, 0.3) is 21.5 Å². The van der Waals surface area contributed by atoms with Gasteiger partial charge in [0.2, 0.25) is 0 Å². The quantitative estimate of drug-likeness (QED) is 0.0688. The number of ether oxygens (including phenoxy) is 2. The third kappa shape index (κ3) is 7.98. The smallest absolute Gasteiger partial charge is 0.757 e. The minimum absolute atomic E-state index is 0. The molecule has 55 heavy (non-hydrogen) atoms. The first-order chi connectivity index (χ1) is 25.8. The number of nitrogens with zero attached hydrogens (tertiary/aromatic N) is 4. The number of hydrogen-bond acceptors (Lipinski definition) is 5. The summed E-state index contributed by atoms with van der Waals surface area (Å²) in [5, 5.41) is 15.2. The number of hydrogen-bond donors (Lipinski definition) is 0. The summed E-state index contributed by atoms with van der Waals surface area (Å²) in [7, 11) is 1.28. The van der Waals surface area contributed by atoms with Crippen molar-refractivity contribution in [2.24, 2.45) is 23.7 Å². The van der Waals surface area contributed by atoms with Gasteiger partial charge in [0.05, 0.1) is 12.7 Å². The molecule has 1 aromatic heterocycles. The first kappa shape index (κ1) is 41.7. The van der Waals surface area contributed by atoms with Crippen molar-refractivity contribution >= 4 is 46.3 Å². The molecule has 0 spiro atoms. The fraction of sp³-hybridized carbons (Fsp3) is 0.422. The molecule has 0 saturated carbocycles. The average molecular weight is 752 g/mol. The molecule has 0 radical (unpaired) electrons. The molecule has 0 N–H and O–H groups in total. The summed E-state index contributed by atoms with van der Waals surface area (Å²) in [5.74, 6) is -1.44. The van der Waals surface area contributed by atoms with Crippen LogP contribution in [0.2, 0.25) is 0 Å². The van der Waals surface area contributed by atoms with E-state index in [0.29, 0.717) is 69.1 Å². The summed E-state index contributed by atoms with van der Waals surface area (Å²) >= 11 is 0. The number of aromatic nitrogens is 1. The maximum absolute atomic E-state index is 14.2. The molecule has 4 aliphatic heterocycles. The predicted octanol–water partition coefficient (Wildman–Crippen LogP) is 9.90. The predicted molar refractivity (Wildman–Crippen MR) is 218 cm³/mol. The van der Waals surface area contributed by atoms with E-state index in [9.17, 15) is 14.4 Å². The normalized spacial score (nSPS) is 24.8. The van der Waals surface area contributed by atoms with Gasteiger partial charge in [-0.2, -0.15) is 11.6 Å². The fourth-order valence-corrected chi connectivity index (χ4v) is 8.06. The number of allylic oxidation sites excluding steroid dienone is 7. The number of ketones is 1. The minimum atomic E-state index is -1.23. The second kappa shape index (κ2) is 17.2. The Morgan fingerprint density at radius 3 is 2.62 bits per heavy atom. The molecule has 10 heteroatoms. The molecule has 286 valence electrons. The van der Waals surface area contributed by atoms with Crippen LogP contribution in [0.5, 0.6) is 0 Å². The molecule has 5 aliphatic rings. The van der Waals surface area contributed by atoms with Gasteiger partial charge in [-0.25, -0.2) is 5.92 Å². The molecule has 1 saturated heterocycles. The van der Waals surface area contributed by atoms with Gasteiger partial charge in [0.25, 0.3) is 0 Å². The van der Waals surface area contributed by atoms with Gasteiger partial charge >= 0.3 is 35.0 Å². The molecule has 8 bridgehead atoms. The van der Waals surface area contributed by atoms with E-state index < -0.39 is 11.9 Å². The molecular formula is C45H51MgN4O5-3. The van der Waals surface area contributed by atoms with E-state index in [2.05, 4.69) is 40.9 Å². The Hall–Kier alpha value is -4.41. The van der Waals surface area contributed by atoms with Gasteiger partial charge in [0.1, 0.15) is 12.5 Å². The van der Waals surface area contributed by atoms with Gasteiger partial charge < -0.3 is 36.1 Å². The Balaban J connectivity index is 0.00000580. The van der Waals surface area contributed by atoms with Crippen LogP contribution in [-0.4, -0.2) is 54.5 Å². The standard InChI is InChI=1S/C45H52N4O5.Mg/c1-11-29-25(6)32-20-34-27(8)31(16-17-38(50)54-19-18-24(5)15-13-14-23(3)4)42(48-34)40-41(45(52)53-10)44(51)39-28(9)35(49-43(39)40)22-37-30(12-2)26(7)33(47-37)21-36(29)46-32;/h11,18,20-23,27,31,41H,1,6,12-17,19H2,2-5,7-10H3,(H-,48,49,51);/q-4;+2/p-1/b24-18+,33-21-,34-20-;/t27-,31-,41+;/m0./s1. The molecule has 3 atom stereocenters. The van der Waals surface area contributed by atoms with E-state index in [1.807, 2.05) is 45.4 Å². The molecule has 9 nitrogen and oxygen atoms in total. The molecule has 1 aliphatic carbocycles. The van der Waals surface area contributed by atoms with Crippen molar-refractivity contribution in [1.82, 2.24) is 4.98 Å². The Labute approximate surface area is 343 Å². The molecule has 0 amide bonds. The number of Topliss-reactive ketones (excluding diaryl/α,β-unsaturated/α-hetero) is 1. The number of carbonyl (C=O) groups excluding carboxylic acids is 3. The molecule has 1 aromatic rings. The first-order valence-corrected chi connectivity index (χ1v) is 19.1. The van der Waals surface area contributed by atoms with Gasteiger partial charge in [-0.05, 0) is 74.4 Å². The van der Waals surface area contributed by atoms with Crippen LogP contribution in [0.3, 0.4) is 0 Å². The Kier molecular flexibility index (Phi) is 13.0. The maximum Gasteiger partial charge on any atom is 2.00 e. The Morgan fingerprint density at radius 2 is 1.95 bits per heavy atom. The zero-order valence-corrected chi connectivity index (χ0v) is 35.0. The second-order valence-corrected chi connectivity index (χ2v) is 15.2. The first-order valence-electron chi connectivity index (χ1n) is 19.1. The molecule has 0 aromatic carbocycles. The summed E-state index contributed by atoms with van der Waals surface area (Å²) in [6.07, 6.45) is 14.0. The zero-order chi connectivity index (χ0) is 39.0. The number of fused-ring (bicyclic) bond motifs is 7. The third-order valence-corrected chi connectivity index (χ3v) is 11.3. The van der Waals surface area contributed by atoms with Crippen molar-refractivity contribution in [3.63, 3.8) is 0 Å². The summed E-state index contributed by atoms with van der Waals surface area (Å²) in [6, 6.07) is 0.637. The van der Waals surface area contributed by atoms with Gasteiger partial charge in [-0.1, -0.05) is 77.8 Å². The average Bonchev–Trinajstić information content (AvgIpc) is 3.87. The largest absolute Gasteiger partial charge is 2.00 e. The maximum atomic E-state index is 14.2. The topological polar surface area (TPSA) is 126 Å². The zero-order valence-electron chi connectivity index (χ0n) is 33.6. The Morgan fingerprint density at radius 1 is 1.20 bits per heavy atom. The number of methoxy groups -OCH3 is 1. The SMILES string of the molecule is C=CC1=C2/C=C3\[N-]C(=C(CC)[C-]3C)[CH-]c3[n-]c4c(c3C)C(=O)[C@H](C(=O)OC)/C4=C3/[N-]/C(=C\[C+]([N-]2)C1=C)[C@@H](C)[C@@H]3CCC(=O)OC/C=C(\C)CCCC(C)C.[Mg+2]. The van der Waals surface area contributed by atoms with E-state index in [4.69, 9.17) is 30.4 Å². The van der Waals surface area contributed by atoms with Crippen LogP contribution >= 0.6 is 0 Å². The van der Waals surface area contributed by atoms with E-state index in [1.165, 1.54) is 12.7 Å². The summed E-state index contributed by atoms with van der Waals surface area (Å²) in [6.45, 7) is 23.2. The Bertz CT molecular complexity index is 1970. The summed E-state index contributed by atoms with van der Waals surface area (Å²) in [5.41, 5.74) is 9.82. The molecule has 6 rings (SSSR count). The van der Waals surface area contributed by atoms with Crippen molar-refractivity contribution in [1.29, 1.82) is 0 Å². The van der Waals surface area contributed by atoms with Gasteiger partial charge in [-0.3, -0.25) is 37.8 Å². The van der Waals surface area contributed by atoms with Crippen molar-refractivity contribution in [3.8, 4) is 0 Å². The van der Waals surface area contributed by atoms with Crippen LogP contribution in [0.1, 0.15) is 107 Å². The summed E-state index contributed by atoms with van der Waals surface area (Å²) < 4.78 is 10.9.